The molecule has 1 amide bonds. The van der Waals surface area contributed by atoms with Crippen molar-refractivity contribution in [3.63, 3.8) is 0 Å². The van der Waals surface area contributed by atoms with E-state index in [4.69, 9.17) is 21.5 Å². The second-order valence-electron chi connectivity index (χ2n) is 3.81. The summed E-state index contributed by atoms with van der Waals surface area (Å²) in [6.45, 7) is 0. The van der Waals surface area contributed by atoms with E-state index in [9.17, 15) is 9.18 Å². The van der Waals surface area contributed by atoms with Gasteiger partial charge >= 0.3 is 0 Å². The minimum absolute atomic E-state index is 0.0247. The molecule has 1 heterocycles. The highest BCUT2D eigenvalue weighted by molar-refractivity contribution is 5.91. The lowest BCUT2D eigenvalue weighted by Gasteiger charge is -2.08. The van der Waals surface area contributed by atoms with Gasteiger partial charge in [-0.05, 0) is 24.3 Å². The van der Waals surface area contributed by atoms with Crippen molar-refractivity contribution in [3.05, 3.63) is 47.4 Å². The van der Waals surface area contributed by atoms with Gasteiger partial charge in [0.1, 0.15) is 23.3 Å². The molecule has 2 aromatic rings. The predicted octanol–water partition coefficient (Wildman–Crippen LogP) is 1.57. The number of amides is 1. The lowest BCUT2D eigenvalue weighted by Crippen LogP contribution is -2.13. The summed E-state index contributed by atoms with van der Waals surface area (Å²) < 4.78 is 18.7. The average Bonchev–Trinajstić information content (AvgIpc) is 2.41. The number of hydrogen-bond acceptors (Lipinski definition) is 5. The molecule has 6 nitrogen and oxygen atoms in total. The van der Waals surface area contributed by atoms with Crippen molar-refractivity contribution < 1.29 is 13.9 Å². The smallest absolute Gasteiger partial charge is 0.267 e. The summed E-state index contributed by atoms with van der Waals surface area (Å²) in [6, 6.07) is 8.12. The van der Waals surface area contributed by atoms with Gasteiger partial charge in [0.15, 0.2) is 0 Å². The third kappa shape index (κ3) is 2.64. The molecule has 0 saturated heterocycles. The van der Waals surface area contributed by atoms with Crippen LogP contribution in [0, 0.1) is 17.1 Å². The molecule has 2 rings (SSSR count). The Morgan fingerprint density at radius 3 is 2.70 bits per heavy atom. The van der Waals surface area contributed by atoms with Crippen molar-refractivity contribution in [2.45, 2.75) is 0 Å². The molecule has 0 saturated carbocycles. The van der Waals surface area contributed by atoms with Crippen LogP contribution in [-0.2, 0) is 0 Å². The van der Waals surface area contributed by atoms with E-state index < -0.39 is 11.7 Å². The molecule has 0 aliphatic heterocycles. The zero-order chi connectivity index (χ0) is 14.7. The zero-order valence-electron chi connectivity index (χ0n) is 10.1. The number of nitrogens with two attached hydrogens (primary N) is 2. The number of pyridine rings is 1. The molecule has 0 aliphatic carbocycles. The highest BCUT2D eigenvalue weighted by Crippen LogP contribution is 2.26. The van der Waals surface area contributed by atoms with Crippen LogP contribution in [-0.4, -0.2) is 10.9 Å². The lowest BCUT2D eigenvalue weighted by atomic mass is 10.2. The van der Waals surface area contributed by atoms with Crippen molar-refractivity contribution in [2.75, 3.05) is 5.73 Å². The Hall–Kier alpha value is -3.14. The predicted molar refractivity (Wildman–Crippen MR) is 68.4 cm³/mol. The number of anilines is 1. The molecule has 0 radical (unpaired) electrons. The van der Waals surface area contributed by atoms with Crippen LogP contribution in [0.15, 0.2) is 30.3 Å². The zero-order valence-corrected chi connectivity index (χ0v) is 10.1. The third-order valence-electron chi connectivity index (χ3n) is 2.42. The van der Waals surface area contributed by atoms with Gasteiger partial charge in [-0.2, -0.15) is 5.26 Å². The van der Waals surface area contributed by atoms with E-state index in [-0.39, 0.29) is 28.6 Å². The summed E-state index contributed by atoms with van der Waals surface area (Å²) in [4.78, 5) is 14.9. The van der Waals surface area contributed by atoms with Crippen molar-refractivity contribution >= 4 is 11.6 Å². The summed E-state index contributed by atoms with van der Waals surface area (Å²) in [7, 11) is 0. The third-order valence-corrected chi connectivity index (χ3v) is 2.42. The number of carbonyl (C=O) groups is 1. The van der Waals surface area contributed by atoms with Gasteiger partial charge in [0, 0.05) is 6.07 Å². The summed E-state index contributed by atoms with van der Waals surface area (Å²) in [5.41, 5.74) is 10.8. The first-order valence-electron chi connectivity index (χ1n) is 5.45. The molecule has 4 N–H and O–H groups in total. The highest BCUT2D eigenvalue weighted by atomic mass is 19.1. The molecule has 0 unspecified atom stereocenters. The van der Waals surface area contributed by atoms with Gasteiger partial charge in [0.05, 0.1) is 11.3 Å². The Kier molecular flexibility index (Phi) is 3.48. The minimum atomic E-state index is -0.735. The second kappa shape index (κ2) is 5.24. The Labute approximate surface area is 113 Å². The van der Waals surface area contributed by atoms with Gasteiger partial charge in [0.25, 0.3) is 5.91 Å². The molecule has 100 valence electrons. The SMILES string of the molecule is N#Cc1ccc(Oc2nc(C(N)=O)ccc2N)cc1F. The van der Waals surface area contributed by atoms with Crippen LogP contribution in [0.3, 0.4) is 0 Å². The largest absolute Gasteiger partial charge is 0.437 e. The first kappa shape index (κ1) is 13.3. The molecule has 7 heteroatoms. The summed E-state index contributed by atoms with van der Waals surface area (Å²) >= 11 is 0. The Morgan fingerprint density at radius 1 is 1.35 bits per heavy atom. The standard InChI is InChI=1S/C13H9FN4O2/c14-9-5-8(2-1-7(9)6-15)20-13-10(16)3-4-11(18-13)12(17)19/h1-5H,16H2,(H2,17,19). The number of halogens is 1. The molecule has 1 aromatic heterocycles. The van der Waals surface area contributed by atoms with Gasteiger partial charge < -0.3 is 16.2 Å². The quantitative estimate of drug-likeness (QED) is 0.879. The van der Waals surface area contributed by atoms with Crippen LogP contribution in [0.25, 0.3) is 0 Å². The first-order chi connectivity index (χ1) is 9.51. The Balaban J connectivity index is 2.35. The van der Waals surface area contributed by atoms with Crippen LogP contribution in [0.1, 0.15) is 16.1 Å². The van der Waals surface area contributed by atoms with Crippen LogP contribution < -0.4 is 16.2 Å². The molecule has 1 aromatic carbocycles. The number of primary amides is 1. The van der Waals surface area contributed by atoms with Gasteiger partial charge in [-0.3, -0.25) is 4.79 Å². The number of benzene rings is 1. The number of ether oxygens (including phenoxy) is 1. The van der Waals surface area contributed by atoms with Gasteiger partial charge in [0.2, 0.25) is 5.88 Å². The van der Waals surface area contributed by atoms with E-state index in [0.717, 1.165) is 6.07 Å². The number of aromatic nitrogens is 1. The van der Waals surface area contributed by atoms with Gasteiger partial charge in [-0.1, -0.05) is 0 Å². The molecule has 0 aliphatic rings. The fourth-order valence-corrected chi connectivity index (χ4v) is 1.43. The fraction of sp³-hybridized carbons (Fsp3) is 0. The van der Waals surface area contributed by atoms with E-state index in [1.807, 2.05) is 0 Å². The van der Waals surface area contributed by atoms with Crippen LogP contribution >= 0.6 is 0 Å². The minimum Gasteiger partial charge on any atom is -0.437 e. The second-order valence-corrected chi connectivity index (χ2v) is 3.81. The highest BCUT2D eigenvalue weighted by Gasteiger charge is 2.10. The van der Waals surface area contributed by atoms with Crippen LogP contribution in [0.2, 0.25) is 0 Å². The van der Waals surface area contributed by atoms with E-state index in [2.05, 4.69) is 4.98 Å². The summed E-state index contributed by atoms with van der Waals surface area (Å²) in [6.07, 6.45) is 0. The molecule has 0 atom stereocenters. The van der Waals surface area contributed by atoms with Crippen molar-refractivity contribution in [1.29, 1.82) is 5.26 Å². The number of rotatable bonds is 3. The number of nitrogens with zero attached hydrogens (tertiary/aromatic N) is 2. The van der Waals surface area contributed by atoms with E-state index in [0.29, 0.717) is 0 Å². The Bertz CT molecular complexity index is 725. The van der Waals surface area contributed by atoms with Crippen molar-refractivity contribution in [3.8, 4) is 17.7 Å². The average molecular weight is 272 g/mol. The normalized spacial score (nSPS) is 9.80. The fourth-order valence-electron chi connectivity index (χ4n) is 1.43. The van der Waals surface area contributed by atoms with E-state index in [1.54, 1.807) is 6.07 Å². The number of carbonyl (C=O) groups excluding carboxylic acids is 1. The first-order valence-corrected chi connectivity index (χ1v) is 5.45. The van der Waals surface area contributed by atoms with E-state index in [1.165, 1.54) is 24.3 Å². The van der Waals surface area contributed by atoms with Crippen molar-refractivity contribution in [2.24, 2.45) is 5.73 Å². The molecular weight excluding hydrogens is 263 g/mol. The maximum absolute atomic E-state index is 13.4. The Morgan fingerprint density at radius 2 is 2.10 bits per heavy atom. The number of nitriles is 1. The van der Waals surface area contributed by atoms with Gasteiger partial charge in [-0.15, -0.1) is 0 Å². The topological polar surface area (TPSA) is 115 Å². The number of nitrogen functional groups attached to an aromatic ring is 1. The maximum Gasteiger partial charge on any atom is 0.267 e. The summed E-state index contributed by atoms with van der Waals surface area (Å²) in [5.74, 6) is -1.43. The van der Waals surface area contributed by atoms with Crippen LogP contribution in [0.4, 0.5) is 10.1 Å². The van der Waals surface area contributed by atoms with Crippen molar-refractivity contribution in [1.82, 2.24) is 4.98 Å². The molecule has 0 fully saturated rings. The van der Waals surface area contributed by atoms with E-state index >= 15 is 0 Å². The molecule has 20 heavy (non-hydrogen) atoms. The molecular formula is C13H9FN4O2. The molecule has 0 bridgehead atoms. The van der Waals surface area contributed by atoms with Gasteiger partial charge in [-0.25, -0.2) is 9.37 Å². The summed E-state index contributed by atoms with van der Waals surface area (Å²) in [5, 5.41) is 8.63. The monoisotopic (exact) mass is 272 g/mol. The number of hydrogen-bond donors (Lipinski definition) is 2. The molecule has 0 spiro atoms. The van der Waals surface area contributed by atoms with Crippen LogP contribution in [0.5, 0.6) is 11.6 Å². The lowest BCUT2D eigenvalue weighted by molar-refractivity contribution is 0.0995. The maximum atomic E-state index is 13.4.